The summed E-state index contributed by atoms with van der Waals surface area (Å²) in [5, 5.41) is 12.7. The molecule has 1 heterocycles. The Balaban J connectivity index is 2.19. The van der Waals surface area contributed by atoms with Crippen LogP contribution in [-0.2, 0) is 6.54 Å². The van der Waals surface area contributed by atoms with Crippen molar-refractivity contribution in [3.8, 4) is 0 Å². The highest BCUT2D eigenvalue weighted by atomic mass is 32.1. The maximum atomic E-state index is 9.12. The van der Waals surface area contributed by atoms with E-state index in [-0.39, 0.29) is 12.1 Å². The molecule has 0 bridgehead atoms. The quantitative estimate of drug-likeness (QED) is 0.892. The van der Waals surface area contributed by atoms with Crippen LogP contribution in [0.3, 0.4) is 0 Å². The second-order valence-corrected chi connectivity index (χ2v) is 6.31. The summed E-state index contributed by atoms with van der Waals surface area (Å²) >= 11 is 1.80. The molecular weight excluding hydrogens is 242 g/mol. The number of thiophene rings is 1. The Morgan fingerprint density at radius 3 is 2.72 bits per heavy atom. The normalized spacial score (nSPS) is 12.5. The van der Waals surface area contributed by atoms with E-state index >= 15 is 0 Å². The lowest BCUT2D eigenvalue weighted by Crippen LogP contribution is -2.41. The minimum absolute atomic E-state index is 0.0256. The van der Waals surface area contributed by atoms with Crippen LogP contribution >= 0.6 is 11.3 Å². The highest BCUT2D eigenvalue weighted by Crippen LogP contribution is 2.28. The van der Waals surface area contributed by atoms with Crippen LogP contribution in [0.15, 0.2) is 29.6 Å². The molecule has 1 aromatic carbocycles. The molecule has 1 aromatic heterocycles. The van der Waals surface area contributed by atoms with Crippen LogP contribution in [0.2, 0.25) is 0 Å². The molecule has 0 spiro atoms. The third-order valence-electron chi connectivity index (χ3n) is 3.73. The Hall–Kier alpha value is -0.900. The molecule has 0 aliphatic carbocycles. The van der Waals surface area contributed by atoms with Crippen LogP contribution in [0.25, 0.3) is 10.1 Å². The van der Waals surface area contributed by atoms with E-state index in [1.165, 1.54) is 15.6 Å². The second kappa shape index (κ2) is 5.39. The number of rotatable bonds is 5. The van der Waals surface area contributed by atoms with E-state index in [9.17, 15) is 0 Å². The van der Waals surface area contributed by atoms with Crippen LogP contribution in [0.4, 0.5) is 0 Å². The summed E-state index contributed by atoms with van der Waals surface area (Å²) in [5.74, 6) is 0. The largest absolute Gasteiger partial charge is 0.396 e. The molecule has 1 N–H and O–H groups in total. The Kier molecular flexibility index (Phi) is 4.05. The Morgan fingerprint density at radius 2 is 2.00 bits per heavy atom. The highest BCUT2D eigenvalue weighted by molar-refractivity contribution is 7.17. The fraction of sp³-hybridized carbons (Fsp3) is 0.467. The fourth-order valence-electron chi connectivity index (χ4n) is 2.09. The lowest BCUT2D eigenvalue weighted by molar-refractivity contribution is 0.110. The first kappa shape index (κ1) is 13.5. The number of fused-ring (bicyclic) bond motifs is 1. The maximum Gasteiger partial charge on any atom is 0.0448 e. The van der Waals surface area contributed by atoms with Gasteiger partial charge in [-0.3, -0.25) is 4.90 Å². The van der Waals surface area contributed by atoms with E-state index in [0.717, 1.165) is 13.0 Å². The van der Waals surface area contributed by atoms with Crippen LogP contribution in [0.1, 0.15) is 25.8 Å². The molecule has 0 aliphatic heterocycles. The zero-order valence-electron chi connectivity index (χ0n) is 11.3. The molecule has 0 aliphatic rings. The molecule has 2 nitrogen and oxygen atoms in total. The Morgan fingerprint density at radius 1 is 1.28 bits per heavy atom. The average molecular weight is 263 g/mol. The predicted octanol–water partition coefficient (Wildman–Crippen LogP) is 3.49. The summed E-state index contributed by atoms with van der Waals surface area (Å²) in [7, 11) is 2.13. The lowest BCUT2D eigenvalue weighted by Gasteiger charge is -2.35. The van der Waals surface area contributed by atoms with Gasteiger partial charge in [0.15, 0.2) is 0 Å². The number of hydrogen-bond acceptors (Lipinski definition) is 3. The fourth-order valence-corrected chi connectivity index (χ4v) is 3.04. The van der Waals surface area contributed by atoms with Crippen molar-refractivity contribution in [2.24, 2.45) is 0 Å². The summed E-state index contributed by atoms with van der Waals surface area (Å²) in [6.07, 6.45) is 0.797. The van der Waals surface area contributed by atoms with Crippen molar-refractivity contribution in [2.75, 3.05) is 13.7 Å². The number of aliphatic hydroxyl groups excluding tert-OH is 1. The summed E-state index contributed by atoms with van der Waals surface area (Å²) in [5.41, 5.74) is 1.40. The number of aliphatic hydroxyl groups is 1. The topological polar surface area (TPSA) is 23.5 Å². The lowest BCUT2D eigenvalue weighted by atomic mass is 9.98. The molecule has 0 amide bonds. The molecule has 18 heavy (non-hydrogen) atoms. The molecule has 98 valence electrons. The molecular formula is C15H21NOS. The van der Waals surface area contributed by atoms with Crippen LogP contribution in [0, 0.1) is 0 Å². The molecule has 0 radical (unpaired) electrons. The molecule has 2 aromatic rings. The van der Waals surface area contributed by atoms with Crippen LogP contribution < -0.4 is 0 Å². The van der Waals surface area contributed by atoms with Gasteiger partial charge in [0.1, 0.15) is 0 Å². The van der Waals surface area contributed by atoms with E-state index in [1.54, 1.807) is 11.3 Å². The van der Waals surface area contributed by atoms with Gasteiger partial charge in [0.2, 0.25) is 0 Å². The van der Waals surface area contributed by atoms with Crippen molar-refractivity contribution < 1.29 is 5.11 Å². The van der Waals surface area contributed by atoms with Gasteiger partial charge in [0.05, 0.1) is 0 Å². The first-order valence-corrected chi connectivity index (χ1v) is 7.20. The smallest absolute Gasteiger partial charge is 0.0448 e. The summed E-state index contributed by atoms with van der Waals surface area (Å²) in [6.45, 7) is 5.52. The molecule has 3 heteroatoms. The van der Waals surface area contributed by atoms with Gasteiger partial charge in [-0.1, -0.05) is 18.2 Å². The summed E-state index contributed by atoms with van der Waals surface area (Å²) in [6, 6.07) is 8.54. The zero-order chi connectivity index (χ0) is 13.2. The van der Waals surface area contributed by atoms with Gasteiger partial charge in [-0.2, -0.15) is 0 Å². The van der Waals surface area contributed by atoms with Crippen molar-refractivity contribution in [3.05, 3.63) is 35.2 Å². The third-order valence-corrected chi connectivity index (χ3v) is 4.74. The second-order valence-electron chi connectivity index (χ2n) is 5.40. The van der Waals surface area contributed by atoms with Crippen molar-refractivity contribution in [1.82, 2.24) is 4.90 Å². The third kappa shape index (κ3) is 2.74. The van der Waals surface area contributed by atoms with Gasteiger partial charge in [-0.05, 0) is 49.7 Å². The van der Waals surface area contributed by atoms with E-state index < -0.39 is 0 Å². The summed E-state index contributed by atoms with van der Waals surface area (Å²) in [4.78, 5) is 2.32. The van der Waals surface area contributed by atoms with Crippen molar-refractivity contribution in [1.29, 1.82) is 0 Å². The Bertz CT molecular complexity index is 518. The number of benzene rings is 1. The predicted molar refractivity (Wildman–Crippen MR) is 79.1 cm³/mol. The minimum Gasteiger partial charge on any atom is -0.396 e. The van der Waals surface area contributed by atoms with Gasteiger partial charge in [-0.25, -0.2) is 0 Å². The zero-order valence-corrected chi connectivity index (χ0v) is 12.1. The van der Waals surface area contributed by atoms with Gasteiger partial charge >= 0.3 is 0 Å². The first-order chi connectivity index (χ1) is 8.54. The summed E-state index contributed by atoms with van der Waals surface area (Å²) < 4.78 is 1.35. The Labute approximate surface area is 113 Å². The van der Waals surface area contributed by atoms with E-state index in [0.29, 0.717) is 0 Å². The molecule has 2 rings (SSSR count). The standard InChI is InChI=1S/C15H21NOS/c1-15(2,8-9-17)16(3)10-12-11-18-14-7-5-4-6-13(12)14/h4-7,11,17H,8-10H2,1-3H3. The van der Waals surface area contributed by atoms with Gasteiger partial charge < -0.3 is 5.11 Å². The monoisotopic (exact) mass is 263 g/mol. The van der Waals surface area contributed by atoms with Crippen molar-refractivity contribution >= 4 is 21.4 Å². The van der Waals surface area contributed by atoms with Gasteiger partial charge in [-0.15, -0.1) is 11.3 Å². The van der Waals surface area contributed by atoms with E-state index in [2.05, 4.69) is 55.4 Å². The van der Waals surface area contributed by atoms with Gasteiger partial charge in [0.25, 0.3) is 0 Å². The molecule has 0 saturated carbocycles. The SMILES string of the molecule is CN(Cc1csc2ccccc12)C(C)(C)CCO. The van der Waals surface area contributed by atoms with E-state index in [4.69, 9.17) is 5.11 Å². The van der Waals surface area contributed by atoms with Crippen molar-refractivity contribution in [3.63, 3.8) is 0 Å². The molecule has 0 fully saturated rings. The van der Waals surface area contributed by atoms with E-state index in [1.807, 2.05) is 0 Å². The highest BCUT2D eigenvalue weighted by Gasteiger charge is 2.23. The van der Waals surface area contributed by atoms with Crippen molar-refractivity contribution in [2.45, 2.75) is 32.4 Å². The molecule has 0 unspecified atom stereocenters. The van der Waals surface area contributed by atoms with Crippen LogP contribution in [-0.4, -0.2) is 29.2 Å². The molecule has 0 saturated heterocycles. The first-order valence-electron chi connectivity index (χ1n) is 6.32. The van der Waals surface area contributed by atoms with Crippen LogP contribution in [0.5, 0.6) is 0 Å². The number of nitrogens with zero attached hydrogens (tertiary/aromatic N) is 1. The average Bonchev–Trinajstić information content (AvgIpc) is 2.73. The molecule has 0 atom stereocenters. The number of hydrogen-bond donors (Lipinski definition) is 1. The minimum atomic E-state index is 0.0256. The van der Waals surface area contributed by atoms with Gasteiger partial charge in [0, 0.05) is 23.4 Å². The maximum absolute atomic E-state index is 9.12.